The van der Waals surface area contributed by atoms with Gasteiger partial charge >= 0.3 is 0 Å². The zero-order chi connectivity index (χ0) is 22.1. The highest BCUT2D eigenvalue weighted by Gasteiger charge is 2.24. The maximum Gasteiger partial charge on any atom is 0.220 e. The van der Waals surface area contributed by atoms with E-state index in [2.05, 4.69) is 22.3 Å². The Bertz CT molecular complexity index is 843. The summed E-state index contributed by atoms with van der Waals surface area (Å²) in [5.74, 6) is 1.61. The number of nitrogens with zero attached hydrogens (tertiary/aromatic N) is 1. The van der Waals surface area contributed by atoms with Crippen molar-refractivity contribution in [2.45, 2.75) is 38.6 Å². The molecule has 1 heterocycles. The summed E-state index contributed by atoms with van der Waals surface area (Å²) in [6.45, 7) is 4.71. The SMILES string of the molecule is COc1ccc(C(CNC(=O)CCCOc2ccc(C(C)=O)cc2)N2CCCC2)cc1. The molecule has 1 atom stereocenters. The molecule has 1 fully saturated rings. The predicted octanol–water partition coefficient (Wildman–Crippen LogP) is 4.01. The molecule has 0 radical (unpaired) electrons. The maximum absolute atomic E-state index is 12.4. The number of hydrogen-bond acceptors (Lipinski definition) is 5. The van der Waals surface area contributed by atoms with Gasteiger partial charge in [-0.1, -0.05) is 12.1 Å². The van der Waals surface area contributed by atoms with Crippen molar-refractivity contribution in [3.63, 3.8) is 0 Å². The monoisotopic (exact) mass is 424 g/mol. The molecule has 0 saturated carbocycles. The molecule has 0 spiro atoms. The van der Waals surface area contributed by atoms with E-state index in [1.807, 2.05) is 12.1 Å². The minimum absolute atomic E-state index is 0.0325. The third kappa shape index (κ3) is 6.82. The van der Waals surface area contributed by atoms with Crippen LogP contribution >= 0.6 is 0 Å². The van der Waals surface area contributed by atoms with Crippen LogP contribution < -0.4 is 14.8 Å². The number of amides is 1. The van der Waals surface area contributed by atoms with E-state index in [0.717, 1.165) is 18.8 Å². The van der Waals surface area contributed by atoms with Gasteiger partial charge in [0.15, 0.2) is 5.78 Å². The summed E-state index contributed by atoms with van der Waals surface area (Å²) in [4.78, 5) is 26.1. The Labute approximate surface area is 184 Å². The Balaban J connectivity index is 1.44. The number of Topliss-reactive ketones (excluding diaryl/α,β-unsaturated/α-hetero) is 1. The van der Waals surface area contributed by atoms with E-state index >= 15 is 0 Å². The van der Waals surface area contributed by atoms with Crippen LogP contribution in [0.1, 0.15) is 54.6 Å². The fourth-order valence-electron chi connectivity index (χ4n) is 3.84. The van der Waals surface area contributed by atoms with Gasteiger partial charge in [0, 0.05) is 18.5 Å². The number of nitrogens with one attached hydrogen (secondary N) is 1. The van der Waals surface area contributed by atoms with Crippen LogP contribution in [0.15, 0.2) is 48.5 Å². The van der Waals surface area contributed by atoms with E-state index in [1.54, 1.807) is 31.4 Å². The normalized spacial score (nSPS) is 14.8. The van der Waals surface area contributed by atoms with Crippen molar-refractivity contribution in [2.75, 3.05) is 33.4 Å². The molecule has 0 aromatic heterocycles. The van der Waals surface area contributed by atoms with E-state index in [4.69, 9.17) is 9.47 Å². The number of carbonyl (C=O) groups is 2. The molecule has 1 saturated heterocycles. The van der Waals surface area contributed by atoms with Crippen molar-refractivity contribution in [2.24, 2.45) is 0 Å². The Morgan fingerprint density at radius 2 is 1.65 bits per heavy atom. The maximum atomic E-state index is 12.4. The molecular weight excluding hydrogens is 392 g/mol. The first-order chi connectivity index (χ1) is 15.1. The van der Waals surface area contributed by atoms with Gasteiger partial charge in [0.25, 0.3) is 0 Å². The lowest BCUT2D eigenvalue weighted by molar-refractivity contribution is -0.121. The Morgan fingerprint density at radius 3 is 2.26 bits per heavy atom. The highest BCUT2D eigenvalue weighted by atomic mass is 16.5. The minimum atomic E-state index is 0.0325. The lowest BCUT2D eigenvalue weighted by atomic mass is 10.1. The summed E-state index contributed by atoms with van der Waals surface area (Å²) in [6.07, 6.45) is 3.45. The standard InChI is InChI=1S/C25H32N2O4/c1-19(28)20-7-13-23(14-8-20)31-17-5-6-25(29)26-18-24(27-15-3-4-16-27)21-9-11-22(30-2)12-10-21/h7-14,24H,3-6,15-18H2,1-2H3,(H,26,29). The van der Waals surface area contributed by atoms with Gasteiger partial charge in [-0.2, -0.15) is 0 Å². The molecule has 166 valence electrons. The molecule has 2 aromatic carbocycles. The van der Waals surface area contributed by atoms with E-state index in [0.29, 0.717) is 37.3 Å². The summed E-state index contributed by atoms with van der Waals surface area (Å²) < 4.78 is 10.9. The molecule has 2 aromatic rings. The van der Waals surface area contributed by atoms with Gasteiger partial charge in [-0.05, 0) is 81.2 Å². The lowest BCUT2D eigenvalue weighted by Gasteiger charge is -2.28. The van der Waals surface area contributed by atoms with Crippen LogP contribution in [0.4, 0.5) is 0 Å². The smallest absolute Gasteiger partial charge is 0.220 e. The zero-order valence-corrected chi connectivity index (χ0v) is 18.4. The Kier molecular flexibility index (Phi) is 8.47. The topological polar surface area (TPSA) is 67.9 Å². The van der Waals surface area contributed by atoms with Crippen LogP contribution in [0, 0.1) is 0 Å². The first-order valence-corrected chi connectivity index (χ1v) is 11.0. The van der Waals surface area contributed by atoms with Crippen molar-refractivity contribution in [1.82, 2.24) is 10.2 Å². The molecule has 1 aliphatic rings. The third-order valence-corrected chi connectivity index (χ3v) is 5.65. The van der Waals surface area contributed by atoms with Crippen molar-refractivity contribution in [3.8, 4) is 11.5 Å². The number of hydrogen-bond donors (Lipinski definition) is 1. The molecule has 1 N–H and O–H groups in total. The van der Waals surface area contributed by atoms with Gasteiger partial charge < -0.3 is 14.8 Å². The number of rotatable bonds is 11. The van der Waals surface area contributed by atoms with Gasteiger partial charge in [0.2, 0.25) is 5.91 Å². The number of ketones is 1. The summed E-state index contributed by atoms with van der Waals surface area (Å²) in [5, 5.41) is 3.10. The molecule has 0 aliphatic carbocycles. The van der Waals surface area contributed by atoms with E-state index < -0.39 is 0 Å². The molecule has 0 bridgehead atoms. The second-order valence-corrected chi connectivity index (χ2v) is 7.87. The number of likely N-dealkylation sites (tertiary alicyclic amines) is 1. The molecule has 1 unspecified atom stereocenters. The summed E-state index contributed by atoms with van der Waals surface area (Å²) >= 11 is 0. The number of ether oxygens (including phenoxy) is 2. The van der Waals surface area contributed by atoms with Crippen LogP contribution in [0.3, 0.4) is 0 Å². The average molecular weight is 425 g/mol. The van der Waals surface area contributed by atoms with Gasteiger partial charge in [0.05, 0.1) is 19.8 Å². The average Bonchev–Trinajstić information content (AvgIpc) is 3.32. The summed E-state index contributed by atoms with van der Waals surface area (Å²) in [5.41, 5.74) is 1.86. The van der Waals surface area contributed by atoms with Crippen molar-refractivity contribution in [1.29, 1.82) is 0 Å². The molecule has 6 nitrogen and oxygen atoms in total. The van der Waals surface area contributed by atoms with E-state index in [-0.39, 0.29) is 17.7 Å². The third-order valence-electron chi connectivity index (χ3n) is 5.65. The highest BCUT2D eigenvalue weighted by Crippen LogP contribution is 2.26. The van der Waals surface area contributed by atoms with E-state index in [1.165, 1.54) is 25.3 Å². The lowest BCUT2D eigenvalue weighted by Crippen LogP contribution is -2.36. The molecule has 6 heteroatoms. The van der Waals surface area contributed by atoms with Gasteiger partial charge in [-0.25, -0.2) is 0 Å². The molecular formula is C25H32N2O4. The minimum Gasteiger partial charge on any atom is -0.497 e. The van der Waals surface area contributed by atoms with Gasteiger partial charge in [-0.3, -0.25) is 14.5 Å². The quantitative estimate of drug-likeness (QED) is 0.436. The van der Waals surface area contributed by atoms with Crippen LogP contribution in [0.2, 0.25) is 0 Å². The summed E-state index contributed by atoms with van der Waals surface area (Å²) in [7, 11) is 1.66. The van der Waals surface area contributed by atoms with Gasteiger partial charge in [-0.15, -0.1) is 0 Å². The van der Waals surface area contributed by atoms with E-state index in [9.17, 15) is 9.59 Å². The van der Waals surface area contributed by atoms with Crippen molar-refractivity contribution in [3.05, 3.63) is 59.7 Å². The second kappa shape index (κ2) is 11.5. The molecule has 31 heavy (non-hydrogen) atoms. The number of benzene rings is 2. The number of methoxy groups -OCH3 is 1. The first-order valence-electron chi connectivity index (χ1n) is 11.0. The zero-order valence-electron chi connectivity index (χ0n) is 18.4. The Morgan fingerprint density at radius 1 is 1.00 bits per heavy atom. The van der Waals surface area contributed by atoms with Crippen LogP contribution in [0.5, 0.6) is 11.5 Å². The molecule has 1 aliphatic heterocycles. The predicted molar refractivity (Wildman–Crippen MR) is 121 cm³/mol. The fraction of sp³-hybridized carbons (Fsp3) is 0.440. The number of carbonyl (C=O) groups excluding carboxylic acids is 2. The van der Waals surface area contributed by atoms with Crippen molar-refractivity contribution < 1.29 is 19.1 Å². The molecule has 3 rings (SSSR count). The van der Waals surface area contributed by atoms with Crippen molar-refractivity contribution >= 4 is 11.7 Å². The second-order valence-electron chi connectivity index (χ2n) is 7.87. The molecule has 1 amide bonds. The highest BCUT2D eigenvalue weighted by molar-refractivity contribution is 5.94. The van der Waals surface area contributed by atoms with Gasteiger partial charge in [0.1, 0.15) is 11.5 Å². The largest absolute Gasteiger partial charge is 0.497 e. The Hall–Kier alpha value is -2.86. The van der Waals surface area contributed by atoms with Crippen LogP contribution in [-0.2, 0) is 4.79 Å². The van der Waals surface area contributed by atoms with Crippen LogP contribution in [0.25, 0.3) is 0 Å². The summed E-state index contributed by atoms with van der Waals surface area (Å²) in [6, 6.07) is 15.4. The van der Waals surface area contributed by atoms with Crippen LogP contribution in [-0.4, -0.2) is 49.9 Å². The fourth-order valence-corrected chi connectivity index (χ4v) is 3.84. The first kappa shape index (κ1) is 22.8.